The summed E-state index contributed by atoms with van der Waals surface area (Å²) in [5.41, 5.74) is 1.30. The highest BCUT2D eigenvalue weighted by Crippen LogP contribution is 2.38. The van der Waals surface area contributed by atoms with Crippen molar-refractivity contribution in [3.05, 3.63) is 52.7 Å². The number of para-hydroxylation sites is 2. The topological polar surface area (TPSA) is 117 Å². The van der Waals surface area contributed by atoms with Crippen LogP contribution in [0, 0.1) is 17.0 Å². The van der Waals surface area contributed by atoms with Gasteiger partial charge in [0, 0.05) is 6.92 Å². The Morgan fingerprint density at radius 2 is 2.07 bits per heavy atom. The normalized spacial score (nSPS) is 12.7. The molecule has 1 aromatic carbocycles. The summed E-state index contributed by atoms with van der Waals surface area (Å²) in [6.07, 6.45) is 0.616. The number of aryl methyl sites for hydroxylation is 1. The predicted molar refractivity (Wildman–Crippen MR) is 107 cm³/mol. The van der Waals surface area contributed by atoms with Crippen LogP contribution in [-0.2, 0) is 11.3 Å². The highest BCUT2D eigenvalue weighted by atomic mass is 35.6. The van der Waals surface area contributed by atoms with Gasteiger partial charge in [-0.05, 0) is 17.1 Å². The van der Waals surface area contributed by atoms with Gasteiger partial charge in [0.2, 0.25) is 3.79 Å². The summed E-state index contributed by atoms with van der Waals surface area (Å²) in [6.45, 7) is 1.50. The molecule has 0 saturated carbocycles. The van der Waals surface area contributed by atoms with Gasteiger partial charge in [-0.15, -0.1) is 0 Å². The molecule has 2 aromatic heterocycles. The van der Waals surface area contributed by atoms with Crippen molar-refractivity contribution < 1.29 is 14.5 Å². The van der Waals surface area contributed by atoms with E-state index < -0.39 is 21.0 Å². The number of imidazole rings is 2. The summed E-state index contributed by atoms with van der Waals surface area (Å²) < 4.78 is 6.04. The lowest BCUT2D eigenvalue weighted by Gasteiger charge is -2.26. The van der Waals surface area contributed by atoms with Crippen molar-refractivity contribution in [2.45, 2.75) is 23.4 Å². The van der Waals surface area contributed by atoms with Crippen LogP contribution in [0.25, 0.3) is 11.0 Å². The Labute approximate surface area is 179 Å². The lowest BCUT2D eigenvalue weighted by molar-refractivity contribution is -0.392. The van der Waals surface area contributed by atoms with Gasteiger partial charge in [-0.2, -0.15) is 0 Å². The minimum atomic E-state index is -1.90. The molecular formula is C16H15Cl3N6O4. The summed E-state index contributed by atoms with van der Waals surface area (Å²) in [7, 11) is 0. The van der Waals surface area contributed by atoms with Gasteiger partial charge in [-0.3, -0.25) is 5.32 Å². The van der Waals surface area contributed by atoms with E-state index in [2.05, 4.69) is 15.3 Å². The van der Waals surface area contributed by atoms with Gasteiger partial charge < -0.3 is 19.4 Å². The molecule has 0 aliphatic heterocycles. The van der Waals surface area contributed by atoms with Gasteiger partial charge in [0.1, 0.15) is 19.3 Å². The molecule has 0 saturated heterocycles. The standard InChI is InChI=1S/C16H15Cl3N6O4/c1-10-20-8-13(25(27)28)23(10)6-7-29-15(26)22-14(16(17,18)19)24-9-21-11-4-2-3-5-12(11)24/h2-5,8-9,14H,6-7H2,1H3,(H,22,26). The Hall–Kier alpha value is -2.56. The number of fused-ring (bicyclic) bond motifs is 1. The molecule has 13 heteroatoms. The first kappa shape index (κ1) is 21.2. The number of nitro groups is 1. The van der Waals surface area contributed by atoms with Crippen molar-refractivity contribution in [1.82, 2.24) is 24.4 Å². The number of alkyl carbamates (subject to hydrolysis) is 1. The average Bonchev–Trinajstić information content (AvgIpc) is 3.23. The molecule has 154 valence electrons. The van der Waals surface area contributed by atoms with Crippen LogP contribution in [0.2, 0.25) is 0 Å². The van der Waals surface area contributed by atoms with Crippen molar-refractivity contribution in [3.8, 4) is 0 Å². The number of benzene rings is 1. The van der Waals surface area contributed by atoms with E-state index in [1.807, 2.05) is 6.07 Å². The fraction of sp³-hybridized carbons (Fsp3) is 0.312. The molecule has 1 unspecified atom stereocenters. The highest BCUT2D eigenvalue weighted by Gasteiger charge is 2.36. The predicted octanol–water partition coefficient (Wildman–Crippen LogP) is 3.74. The number of carbonyl (C=O) groups is 1. The van der Waals surface area contributed by atoms with Gasteiger partial charge >= 0.3 is 11.9 Å². The Balaban J connectivity index is 1.69. The average molecular weight is 462 g/mol. The summed E-state index contributed by atoms with van der Waals surface area (Å²) in [4.78, 5) is 30.8. The van der Waals surface area contributed by atoms with E-state index >= 15 is 0 Å². The number of halogens is 3. The van der Waals surface area contributed by atoms with Crippen LogP contribution in [0.3, 0.4) is 0 Å². The third-order valence-corrected chi connectivity index (χ3v) is 4.71. The van der Waals surface area contributed by atoms with E-state index in [1.54, 1.807) is 25.1 Å². The van der Waals surface area contributed by atoms with E-state index in [0.29, 0.717) is 16.9 Å². The lowest BCUT2D eigenvalue weighted by atomic mass is 10.3. The molecule has 10 nitrogen and oxygen atoms in total. The van der Waals surface area contributed by atoms with Crippen LogP contribution >= 0.6 is 34.8 Å². The third-order valence-electron chi connectivity index (χ3n) is 4.09. The number of alkyl halides is 3. The molecule has 2 heterocycles. The van der Waals surface area contributed by atoms with Crippen molar-refractivity contribution in [1.29, 1.82) is 0 Å². The second-order valence-electron chi connectivity index (χ2n) is 5.94. The molecule has 0 fully saturated rings. The second-order valence-corrected chi connectivity index (χ2v) is 8.31. The smallest absolute Gasteiger partial charge is 0.409 e. The van der Waals surface area contributed by atoms with Crippen LogP contribution in [0.1, 0.15) is 12.0 Å². The lowest BCUT2D eigenvalue weighted by Crippen LogP contribution is -2.40. The molecule has 0 bridgehead atoms. The summed E-state index contributed by atoms with van der Waals surface area (Å²) in [6, 6.07) is 7.14. The molecular weight excluding hydrogens is 447 g/mol. The quantitative estimate of drug-likeness (QED) is 0.339. The second kappa shape index (κ2) is 8.44. The van der Waals surface area contributed by atoms with Gasteiger partial charge in [-0.25, -0.2) is 19.3 Å². The number of aromatic nitrogens is 4. The monoisotopic (exact) mass is 460 g/mol. The van der Waals surface area contributed by atoms with Crippen LogP contribution < -0.4 is 5.32 Å². The molecule has 1 N–H and O–H groups in total. The number of carbonyl (C=O) groups excluding carboxylic acids is 1. The minimum Gasteiger partial charge on any atom is -0.445 e. The van der Waals surface area contributed by atoms with E-state index in [4.69, 9.17) is 39.5 Å². The number of amides is 1. The van der Waals surface area contributed by atoms with Crippen LogP contribution in [0.5, 0.6) is 0 Å². The van der Waals surface area contributed by atoms with Gasteiger partial charge in [0.25, 0.3) is 0 Å². The molecule has 3 aromatic rings. The van der Waals surface area contributed by atoms with Gasteiger partial charge in [-0.1, -0.05) is 46.9 Å². The molecule has 1 atom stereocenters. The van der Waals surface area contributed by atoms with Gasteiger partial charge in [0.15, 0.2) is 12.0 Å². The molecule has 0 radical (unpaired) electrons. The third kappa shape index (κ3) is 4.72. The first-order valence-electron chi connectivity index (χ1n) is 8.26. The maximum absolute atomic E-state index is 12.3. The van der Waals surface area contributed by atoms with Crippen LogP contribution in [0.4, 0.5) is 10.6 Å². The van der Waals surface area contributed by atoms with E-state index in [0.717, 1.165) is 6.20 Å². The largest absolute Gasteiger partial charge is 0.445 e. The zero-order valence-electron chi connectivity index (χ0n) is 15.0. The molecule has 1 amide bonds. The summed E-state index contributed by atoms with van der Waals surface area (Å²) in [5, 5.41) is 13.5. The Morgan fingerprint density at radius 1 is 1.34 bits per heavy atom. The molecule has 0 aliphatic rings. The van der Waals surface area contributed by atoms with Gasteiger partial charge in [0.05, 0.1) is 17.4 Å². The number of rotatable bonds is 6. The van der Waals surface area contributed by atoms with Crippen LogP contribution in [0.15, 0.2) is 36.8 Å². The SMILES string of the molecule is Cc1ncc([N+](=O)[O-])n1CCOC(=O)NC(n1cnc2ccccc21)C(Cl)(Cl)Cl. The van der Waals surface area contributed by atoms with Crippen LogP contribution in [-0.4, -0.2) is 40.5 Å². The summed E-state index contributed by atoms with van der Waals surface area (Å²) >= 11 is 18.2. The highest BCUT2D eigenvalue weighted by molar-refractivity contribution is 6.68. The van der Waals surface area contributed by atoms with Crippen molar-refractivity contribution in [2.75, 3.05) is 6.61 Å². The Kier molecular flexibility index (Phi) is 6.15. The first-order chi connectivity index (χ1) is 13.7. The Morgan fingerprint density at radius 3 is 2.76 bits per heavy atom. The van der Waals surface area contributed by atoms with E-state index in [9.17, 15) is 14.9 Å². The minimum absolute atomic E-state index is 0.0437. The Bertz CT molecular complexity index is 1040. The molecule has 29 heavy (non-hydrogen) atoms. The number of nitrogens with one attached hydrogen (secondary N) is 1. The number of ether oxygens (including phenoxy) is 1. The van der Waals surface area contributed by atoms with E-state index in [-0.39, 0.29) is 19.0 Å². The number of nitrogens with zero attached hydrogens (tertiary/aromatic N) is 5. The maximum atomic E-state index is 12.3. The molecule has 0 spiro atoms. The molecule has 3 rings (SSSR count). The number of hydrogen-bond donors (Lipinski definition) is 1. The van der Waals surface area contributed by atoms with Crippen molar-refractivity contribution in [2.24, 2.45) is 0 Å². The zero-order chi connectivity index (χ0) is 21.2. The number of hydrogen-bond acceptors (Lipinski definition) is 6. The molecule has 0 aliphatic carbocycles. The maximum Gasteiger partial charge on any atom is 0.409 e. The fourth-order valence-electron chi connectivity index (χ4n) is 2.75. The van der Waals surface area contributed by atoms with Crippen molar-refractivity contribution in [3.63, 3.8) is 0 Å². The van der Waals surface area contributed by atoms with E-state index in [1.165, 1.54) is 15.5 Å². The zero-order valence-corrected chi connectivity index (χ0v) is 17.2. The summed E-state index contributed by atoms with van der Waals surface area (Å²) in [5.74, 6) is 0.223. The van der Waals surface area contributed by atoms with Crippen molar-refractivity contribution >= 4 is 57.7 Å². The fourth-order valence-corrected chi connectivity index (χ4v) is 3.23. The first-order valence-corrected chi connectivity index (χ1v) is 9.40.